The molecule has 0 aliphatic carbocycles. The van der Waals surface area contributed by atoms with Crippen molar-refractivity contribution in [2.24, 2.45) is 0 Å². The van der Waals surface area contributed by atoms with Crippen LogP contribution in [0.4, 0.5) is 5.69 Å². The van der Waals surface area contributed by atoms with E-state index < -0.39 is 0 Å². The number of hydrogen-bond donors (Lipinski definition) is 1. The largest absolute Gasteiger partial charge is 0.326 e. The minimum Gasteiger partial charge on any atom is -0.326 e. The molecular weight excluding hydrogens is 328 g/mol. The van der Waals surface area contributed by atoms with Crippen LogP contribution < -0.4 is 5.32 Å². The molecule has 4 rings (SSSR count). The number of fused-ring (bicyclic) bond motifs is 1. The SMILES string of the molecule is O=C(Cc1ccc2c(-c3cccnc3)csc2c1)Nc1ccccc1. The number of para-hydroxylation sites is 1. The predicted molar refractivity (Wildman–Crippen MR) is 104 cm³/mol. The molecule has 122 valence electrons. The van der Waals surface area contributed by atoms with Gasteiger partial charge in [-0.2, -0.15) is 0 Å². The maximum absolute atomic E-state index is 12.2. The summed E-state index contributed by atoms with van der Waals surface area (Å²) in [6.07, 6.45) is 4.02. The van der Waals surface area contributed by atoms with Crippen LogP contribution >= 0.6 is 11.3 Å². The minimum absolute atomic E-state index is 0.00501. The molecule has 3 nitrogen and oxygen atoms in total. The molecule has 2 aromatic heterocycles. The molecule has 4 heteroatoms. The third kappa shape index (κ3) is 3.44. The highest BCUT2D eigenvalue weighted by molar-refractivity contribution is 7.17. The van der Waals surface area contributed by atoms with E-state index >= 15 is 0 Å². The molecule has 0 bridgehead atoms. The maximum atomic E-state index is 12.2. The molecule has 2 aromatic carbocycles. The number of pyridine rings is 1. The van der Waals surface area contributed by atoms with Gasteiger partial charge < -0.3 is 5.32 Å². The van der Waals surface area contributed by atoms with Gasteiger partial charge in [-0.25, -0.2) is 0 Å². The van der Waals surface area contributed by atoms with Gasteiger partial charge in [-0.1, -0.05) is 36.4 Å². The van der Waals surface area contributed by atoms with E-state index in [2.05, 4.69) is 33.9 Å². The van der Waals surface area contributed by atoms with Crippen LogP contribution in [0.15, 0.2) is 78.4 Å². The van der Waals surface area contributed by atoms with Gasteiger partial charge in [-0.05, 0) is 35.2 Å². The second kappa shape index (κ2) is 6.87. The Morgan fingerprint density at radius 1 is 1.04 bits per heavy atom. The van der Waals surface area contributed by atoms with E-state index in [4.69, 9.17) is 0 Å². The Balaban J connectivity index is 1.55. The number of thiophene rings is 1. The first-order valence-corrected chi connectivity index (χ1v) is 8.93. The van der Waals surface area contributed by atoms with Gasteiger partial charge in [-0.15, -0.1) is 11.3 Å². The summed E-state index contributed by atoms with van der Waals surface area (Å²) in [5.41, 5.74) is 4.14. The molecule has 0 aliphatic rings. The van der Waals surface area contributed by atoms with Crippen LogP contribution in [0.2, 0.25) is 0 Å². The highest BCUT2D eigenvalue weighted by Crippen LogP contribution is 2.34. The molecule has 1 amide bonds. The van der Waals surface area contributed by atoms with Crippen molar-refractivity contribution in [1.82, 2.24) is 4.98 Å². The lowest BCUT2D eigenvalue weighted by molar-refractivity contribution is -0.115. The highest BCUT2D eigenvalue weighted by atomic mass is 32.1. The van der Waals surface area contributed by atoms with E-state index in [-0.39, 0.29) is 5.91 Å². The number of rotatable bonds is 4. The van der Waals surface area contributed by atoms with Gasteiger partial charge >= 0.3 is 0 Å². The third-order valence-electron chi connectivity index (χ3n) is 4.03. The zero-order valence-electron chi connectivity index (χ0n) is 13.5. The Kier molecular flexibility index (Phi) is 4.27. The molecule has 0 fully saturated rings. The Bertz CT molecular complexity index is 1010. The van der Waals surface area contributed by atoms with Crippen LogP contribution in [0.25, 0.3) is 21.2 Å². The molecule has 0 saturated heterocycles. The first kappa shape index (κ1) is 15.5. The number of amides is 1. The fourth-order valence-corrected chi connectivity index (χ4v) is 3.87. The number of nitrogens with zero attached hydrogens (tertiary/aromatic N) is 1. The summed E-state index contributed by atoms with van der Waals surface area (Å²) in [5.74, 6) is -0.00501. The van der Waals surface area contributed by atoms with Gasteiger partial charge in [0.25, 0.3) is 0 Å². The second-order valence-electron chi connectivity index (χ2n) is 5.81. The highest BCUT2D eigenvalue weighted by Gasteiger charge is 2.09. The van der Waals surface area contributed by atoms with Gasteiger partial charge in [0, 0.05) is 39.3 Å². The van der Waals surface area contributed by atoms with E-state index in [1.165, 1.54) is 15.6 Å². The molecule has 0 radical (unpaired) electrons. The average Bonchev–Trinajstić information content (AvgIpc) is 3.06. The fraction of sp³-hybridized carbons (Fsp3) is 0.0476. The van der Waals surface area contributed by atoms with Crippen LogP contribution in [0.3, 0.4) is 0 Å². The summed E-state index contributed by atoms with van der Waals surface area (Å²) in [4.78, 5) is 16.4. The molecule has 2 heterocycles. The number of anilines is 1. The van der Waals surface area contributed by atoms with Crippen LogP contribution in [-0.2, 0) is 11.2 Å². The zero-order chi connectivity index (χ0) is 17.1. The van der Waals surface area contributed by atoms with Crippen molar-refractivity contribution >= 4 is 33.0 Å². The van der Waals surface area contributed by atoms with Crippen molar-refractivity contribution in [3.63, 3.8) is 0 Å². The van der Waals surface area contributed by atoms with Crippen molar-refractivity contribution in [1.29, 1.82) is 0 Å². The molecule has 25 heavy (non-hydrogen) atoms. The average molecular weight is 344 g/mol. The molecular formula is C21H16N2OS. The topological polar surface area (TPSA) is 42.0 Å². The number of aromatic nitrogens is 1. The van der Waals surface area contributed by atoms with Crippen molar-refractivity contribution in [2.75, 3.05) is 5.32 Å². The summed E-state index contributed by atoms with van der Waals surface area (Å²) in [6, 6.07) is 19.8. The third-order valence-corrected chi connectivity index (χ3v) is 4.98. The normalized spacial score (nSPS) is 10.7. The number of hydrogen-bond acceptors (Lipinski definition) is 3. The van der Waals surface area contributed by atoms with E-state index in [0.29, 0.717) is 6.42 Å². The lowest BCUT2D eigenvalue weighted by Gasteiger charge is -2.05. The molecule has 0 spiro atoms. The smallest absolute Gasteiger partial charge is 0.228 e. The van der Waals surface area contributed by atoms with Gasteiger partial charge in [0.1, 0.15) is 0 Å². The van der Waals surface area contributed by atoms with Crippen molar-refractivity contribution < 1.29 is 4.79 Å². The fourth-order valence-electron chi connectivity index (χ4n) is 2.84. The van der Waals surface area contributed by atoms with E-state index in [1.54, 1.807) is 17.5 Å². The Morgan fingerprint density at radius 3 is 2.72 bits per heavy atom. The number of nitrogens with one attached hydrogen (secondary N) is 1. The first-order valence-electron chi connectivity index (χ1n) is 8.05. The van der Waals surface area contributed by atoms with Crippen molar-refractivity contribution in [3.05, 3.63) is 84.0 Å². The molecule has 1 N–H and O–H groups in total. The zero-order valence-corrected chi connectivity index (χ0v) is 14.3. The van der Waals surface area contributed by atoms with E-state index in [0.717, 1.165) is 16.8 Å². The Labute approximate surface area is 150 Å². The lowest BCUT2D eigenvalue weighted by Crippen LogP contribution is -2.14. The number of benzene rings is 2. The van der Waals surface area contributed by atoms with Crippen LogP contribution in [-0.4, -0.2) is 10.9 Å². The molecule has 4 aromatic rings. The van der Waals surface area contributed by atoms with Crippen molar-refractivity contribution in [2.45, 2.75) is 6.42 Å². The summed E-state index contributed by atoms with van der Waals surface area (Å²) < 4.78 is 1.18. The lowest BCUT2D eigenvalue weighted by atomic mass is 10.0. The van der Waals surface area contributed by atoms with Crippen LogP contribution in [0, 0.1) is 0 Å². The van der Waals surface area contributed by atoms with Crippen molar-refractivity contribution in [3.8, 4) is 11.1 Å². The standard InChI is InChI=1S/C21H16N2OS/c24-21(23-17-6-2-1-3-7-17)12-15-8-9-18-19(14-25-20(18)11-15)16-5-4-10-22-13-16/h1-11,13-14H,12H2,(H,23,24). The summed E-state index contributed by atoms with van der Waals surface area (Å²) >= 11 is 1.69. The van der Waals surface area contributed by atoms with E-state index in [9.17, 15) is 4.79 Å². The van der Waals surface area contributed by atoms with Gasteiger partial charge in [0.05, 0.1) is 6.42 Å². The van der Waals surface area contributed by atoms with Gasteiger partial charge in [-0.3, -0.25) is 9.78 Å². The van der Waals surface area contributed by atoms with Crippen LogP contribution in [0.5, 0.6) is 0 Å². The molecule has 0 saturated carbocycles. The molecule has 0 aliphatic heterocycles. The molecule has 0 unspecified atom stereocenters. The second-order valence-corrected chi connectivity index (χ2v) is 6.72. The Hall–Kier alpha value is -2.98. The number of carbonyl (C=O) groups is 1. The Morgan fingerprint density at radius 2 is 1.92 bits per heavy atom. The van der Waals surface area contributed by atoms with Gasteiger partial charge in [0.15, 0.2) is 0 Å². The molecule has 0 atom stereocenters. The van der Waals surface area contributed by atoms with E-state index in [1.807, 2.05) is 48.7 Å². The predicted octanol–water partition coefficient (Wildman–Crippen LogP) is 5.14. The quantitative estimate of drug-likeness (QED) is 0.557. The first-order chi connectivity index (χ1) is 12.3. The maximum Gasteiger partial charge on any atom is 0.228 e. The van der Waals surface area contributed by atoms with Gasteiger partial charge in [0.2, 0.25) is 5.91 Å². The van der Waals surface area contributed by atoms with Crippen LogP contribution in [0.1, 0.15) is 5.56 Å². The summed E-state index contributed by atoms with van der Waals surface area (Å²) in [7, 11) is 0. The minimum atomic E-state index is -0.00501. The summed E-state index contributed by atoms with van der Waals surface area (Å²) in [6.45, 7) is 0. The monoisotopic (exact) mass is 344 g/mol. The summed E-state index contributed by atoms with van der Waals surface area (Å²) in [5, 5.41) is 6.27. The number of carbonyl (C=O) groups excluding carboxylic acids is 1.